The maximum Gasteiger partial charge on any atom is 0.0859 e. The van der Waals surface area contributed by atoms with E-state index in [2.05, 4.69) is 66.2 Å². The van der Waals surface area contributed by atoms with Crippen molar-refractivity contribution in [2.24, 2.45) is 0 Å². The molecular formula is C32H60N4. The van der Waals surface area contributed by atoms with Crippen LogP contribution >= 0.6 is 0 Å². The zero-order chi connectivity index (χ0) is 27.8. The van der Waals surface area contributed by atoms with Crippen molar-refractivity contribution in [3.05, 3.63) is 65.2 Å². The molecule has 2 aromatic rings. The first-order valence-electron chi connectivity index (χ1n) is 14.9. The van der Waals surface area contributed by atoms with Gasteiger partial charge in [0.2, 0.25) is 0 Å². The summed E-state index contributed by atoms with van der Waals surface area (Å²) in [6, 6.07) is 17.4. The second-order valence-corrected chi connectivity index (χ2v) is 8.04. The van der Waals surface area contributed by atoms with Gasteiger partial charge in [-0.15, -0.1) is 0 Å². The lowest BCUT2D eigenvalue weighted by atomic mass is 10.0. The number of nitrogen functional groups attached to an aromatic ring is 1. The Kier molecular flexibility index (Phi) is 25.0. The fourth-order valence-electron chi connectivity index (χ4n) is 3.91. The van der Waals surface area contributed by atoms with Crippen LogP contribution in [0.15, 0.2) is 48.5 Å². The molecule has 0 saturated carbocycles. The van der Waals surface area contributed by atoms with E-state index in [1.807, 2.05) is 67.5 Å². The smallest absolute Gasteiger partial charge is 0.0859 e. The lowest BCUT2D eigenvalue weighted by Crippen LogP contribution is -2.62. The molecule has 1 fully saturated rings. The van der Waals surface area contributed by atoms with Crippen molar-refractivity contribution in [1.82, 2.24) is 16.0 Å². The predicted octanol–water partition coefficient (Wildman–Crippen LogP) is 8.58. The average molecular weight is 501 g/mol. The van der Waals surface area contributed by atoms with Crippen molar-refractivity contribution in [1.29, 1.82) is 0 Å². The molecule has 1 aliphatic heterocycles. The van der Waals surface area contributed by atoms with Gasteiger partial charge in [0, 0.05) is 5.69 Å². The Morgan fingerprint density at radius 3 is 1.67 bits per heavy atom. The summed E-state index contributed by atoms with van der Waals surface area (Å²) in [5.74, 6) is 0. The molecule has 0 aliphatic carbocycles. The average Bonchev–Trinajstić information content (AvgIpc) is 2.94. The largest absolute Gasteiger partial charge is 0.399 e. The Bertz CT molecular complexity index is 697. The van der Waals surface area contributed by atoms with Gasteiger partial charge in [-0.25, -0.2) is 0 Å². The molecule has 4 heteroatoms. The Morgan fingerprint density at radius 1 is 0.639 bits per heavy atom. The number of rotatable bonds is 9. The first-order chi connectivity index (χ1) is 17.6. The molecule has 3 unspecified atom stereocenters. The van der Waals surface area contributed by atoms with E-state index in [-0.39, 0.29) is 12.3 Å². The van der Waals surface area contributed by atoms with Crippen LogP contribution in [0.5, 0.6) is 0 Å². The van der Waals surface area contributed by atoms with Gasteiger partial charge in [-0.1, -0.05) is 112 Å². The molecule has 3 rings (SSSR count). The number of nitrogens with one attached hydrogen (secondary N) is 3. The van der Waals surface area contributed by atoms with Gasteiger partial charge < -0.3 is 5.73 Å². The molecule has 1 saturated heterocycles. The van der Waals surface area contributed by atoms with Crippen LogP contribution in [0.4, 0.5) is 5.69 Å². The van der Waals surface area contributed by atoms with Gasteiger partial charge in [0.25, 0.3) is 0 Å². The molecule has 0 bridgehead atoms. The van der Waals surface area contributed by atoms with Crippen LogP contribution in [0.2, 0.25) is 0 Å². The Balaban J connectivity index is 0. The number of hydrogen-bond acceptors (Lipinski definition) is 4. The molecule has 208 valence electrons. The van der Waals surface area contributed by atoms with Crippen LogP contribution in [0, 0.1) is 0 Å². The Morgan fingerprint density at radius 2 is 1.14 bits per heavy atom. The van der Waals surface area contributed by atoms with Gasteiger partial charge in [-0.2, -0.15) is 0 Å². The number of nitrogens with two attached hydrogens (primary N) is 1. The van der Waals surface area contributed by atoms with Gasteiger partial charge in [-0.3, -0.25) is 16.0 Å². The molecule has 0 spiro atoms. The third-order valence-corrected chi connectivity index (χ3v) is 5.56. The van der Waals surface area contributed by atoms with E-state index >= 15 is 0 Å². The van der Waals surface area contributed by atoms with E-state index in [4.69, 9.17) is 5.73 Å². The van der Waals surface area contributed by atoms with Crippen molar-refractivity contribution in [2.45, 2.75) is 133 Å². The van der Waals surface area contributed by atoms with E-state index in [1.54, 1.807) is 0 Å². The highest BCUT2D eigenvalue weighted by atomic mass is 15.3. The SMILES string of the molecule is CC.CC.CC.CC.CCCCCc1ccc(C2NC(C)NC(CCCc3ccc(N)cc3)N2)cc1. The first-order valence-corrected chi connectivity index (χ1v) is 14.9. The number of benzene rings is 2. The summed E-state index contributed by atoms with van der Waals surface area (Å²) in [5.41, 5.74) is 10.7. The topological polar surface area (TPSA) is 62.1 Å². The summed E-state index contributed by atoms with van der Waals surface area (Å²) in [5, 5.41) is 11.0. The van der Waals surface area contributed by atoms with Crippen LogP contribution in [-0.4, -0.2) is 12.3 Å². The van der Waals surface area contributed by atoms with E-state index < -0.39 is 0 Å². The first kappa shape index (κ1) is 36.3. The highest BCUT2D eigenvalue weighted by Crippen LogP contribution is 2.18. The van der Waals surface area contributed by atoms with Crippen LogP contribution < -0.4 is 21.7 Å². The fourth-order valence-corrected chi connectivity index (χ4v) is 3.91. The minimum absolute atomic E-state index is 0.197. The van der Waals surface area contributed by atoms with Gasteiger partial charge in [0.1, 0.15) is 0 Å². The van der Waals surface area contributed by atoms with Gasteiger partial charge in [0.05, 0.1) is 18.5 Å². The molecule has 5 N–H and O–H groups in total. The zero-order valence-corrected chi connectivity index (χ0v) is 25.4. The highest BCUT2D eigenvalue weighted by Gasteiger charge is 2.24. The minimum Gasteiger partial charge on any atom is -0.399 e. The molecule has 1 aliphatic rings. The van der Waals surface area contributed by atoms with E-state index in [9.17, 15) is 0 Å². The standard InChI is InChI=1S/C24H36N4.4C2H6/c1-3-4-5-7-19-10-14-21(15-11-19)24-27-18(2)26-23(28-24)9-6-8-20-12-16-22(25)17-13-20;4*1-2/h10-18,23-24,26-28H,3-9,25H2,1-2H3;4*1-2H3. The Hall–Kier alpha value is -1.88. The van der Waals surface area contributed by atoms with Gasteiger partial charge in [-0.05, 0) is 67.9 Å². The fraction of sp³-hybridized carbons (Fsp3) is 0.625. The lowest BCUT2D eigenvalue weighted by Gasteiger charge is -2.38. The summed E-state index contributed by atoms with van der Waals surface area (Å²) < 4.78 is 0. The van der Waals surface area contributed by atoms with Crippen LogP contribution in [0.3, 0.4) is 0 Å². The third-order valence-electron chi connectivity index (χ3n) is 5.56. The van der Waals surface area contributed by atoms with Crippen LogP contribution in [0.25, 0.3) is 0 Å². The molecular weight excluding hydrogens is 440 g/mol. The maximum absolute atomic E-state index is 5.77. The molecule has 3 atom stereocenters. The summed E-state index contributed by atoms with van der Waals surface area (Å²) in [4.78, 5) is 0. The monoisotopic (exact) mass is 500 g/mol. The van der Waals surface area contributed by atoms with Gasteiger partial charge >= 0.3 is 0 Å². The molecule has 0 radical (unpaired) electrons. The van der Waals surface area contributed by atoms with Crippen LogP contribution in [-0.2, 0) is 12.8 Å². The summed E-state index contributed by atoms with van der Waals surface area (Å²) in [6.07, 6.45) is 9.19. The van der Waals surface area contributed by atoms with Crippen molar-refractivity contribution < 1.29 is 0 Å². The summed E-state index contributed by atoms with van der Waals surface area (Å²) >= 11 is 0. The molecule has 4 nitrogen and oxygen atoms in total. The molecule has 1 heterocycles. The minimum atomic E-state index is 0.197. The van der Waals surface area contributed by atoms with E-state index in [0.29, 0.717) is 6.17 Å². The highest BCUT2D eigenvalue weighted by molar-refractivity contribution is 5.39. The number of hydrogen-bond donors (Lipinski definition) is 4. The summed E-state index contributed by atoms with van der Waals surface area (Å²) in [6.45, 7) is 20.4. The lowest BCUT2D eigenvalue weighted by molar-refractivity contribution is 0.201. The molecule has 0 aromatic heterocycles. The predicted molar refractivity (Wildman–Crippen MR) is 164 cm³/mol. The zero-order valence-electron chi connectivity index (χ0n) is 25.4. The molecule has 0 amide bonds. The number of anilines is 1. The van der Waals surface area contributed by atoms with Crippen molar-refractivity contribution in [2.75, 3.05) is 5.73 Å². The van der Waals surface area contributed by atoms with E-state index in [0.717, 1.165) is 24.9 Å². The molecule has 2 aromatic carbocycles. The quantitative estimate of drug-likeness (QED) is 0.206. The third kappa shape index (κ3) is 15.3. The van der Waals surface area contributed by atoms with Crippen molar-refractivity contribution in [3.8, 4) is 0 Å². The summed E-state index contributed by atoms with van der Waals surface area (Å²) in [7, 11) is 0. The van der Waals surface area contributed by atoms with Crippen LogP contribution in [0.1, 0.15) is 124 Å². The Labute approximate surface area is 225 Å². The number of unbranched alkanes of at least 4 members (excludes halogenated alkanes) is 2. The number of aryl methyl sites for hydroxylation is 2. The second kappa shape index (κ2) is 24.8. The second-order valence-electron chi connectivity index (χ2n) is 8.04. The van der Waals surface area contributed by atoms with Crippen molar-refractivity contribution >= 4 is 5.69 Å². The molecule has 36 heavy (non-hydrogen) atoms. The van der Waals surface area contributed by atoms with Crippen molar-refractivity contribution in [3.63, 3.8) is 0 Å². The maximum atomic E-state index is 5.77. The van der Waals surface area contributed by atoms with Gasteiger partial charge in [0.15, 0.2) is 0 Å². The van der Waals surface area contributed by atoms with E-state index in [1.165, 1.54) is 42.4 Å². The normalized spacial score (nSPS) is 18.0.